The zero-order valence-electron chi connectivity index (χ0n) is 38.3. The number of Topliss-reactive ketones (excluding diaryl/α,β-unsaturated/α-hetero) is 2. The fraction of sp³-hybridized carbons (Fsp3) is 0.689. The minimum absolute atomic E-state index is 0.0194. The number of aromatic nitrogens is 1. The number of alkyl halides is 3. The van der Waals surface area contributed by atoms with Crippen LogP contribution < -0.4 is 24.8 Å². The maximum Gasteiger partial charge on any atom is 0.573 e. The molecule has 1 aromatic carbocycles. The molecule has 0 spiro atoms. The van der Waals surface area contributed by atoms with E-state index in [-0.39, 0.29) is 89.4 Å². The molecule has 63 heavy (non-hydrogen) atoms. The molecule has 1 saturated heterocycles. The largest absolute Gasteiger partial charge is 0.573 e. The quantitative estimate of drug-likeness (QED) is 0.124. The topological polar surface area (TPSA) is 176 Å². The van der Waals surface area contributed by atoms with Crippen LogP contribution in [0.5, 0.6) is 17.4 Å². The van der Waals surface area contributed by atoms with Gasteiger partial charge in [-0.05, 0) is 102 Å². The van der Waals surface area contributed by atoms with Gasteiger partial charge in [-0.3, -0.25) is 19.4 Å². The van der Waals surface area contributed by atoms with Crippen molar-refractivity contribution in [1.82, 2.24) is 10.1 Å². The van der Waals surface area contributed by atoms with Crippen LogP contribution in [0.25, 0.3) is 5.76 Å². The molecule has 18 heteroatoms. The van der Waals surface area contributed by atoms with Gasteiger partial charge in [-0.15, -0.1) is 13.2 Å². The molecule has 2 aromatic rings. The van der Waals surface area contributed by atoms with Gasteiger partial charge in [-0.1, -0.05) is 47.5 Å². The molecule has 0 bridgehead atoms. The number of fused-ring (bicyclic) bond motifs is 7. The summed E-state index contributed by atoms with van der Waals surface area (Å²) in [5.41, 5.74) is 3.21. The van der Waals surface area contributed by atoms with Crippen LogP contribution in [0.1, 0.15) is 139 Å². The van der Waals surface area contributed by atoms with Gasteiger partial charge < -0.3 is 38.7 Å². The summed E-state index contributed by atoms with van der Waals surface area (Å²) in [6, 6.07) is -1.77. The summed E-state index contributed by atoms with van der Waals surface area (Å²) < 4.78 is 80.9. The molecule has 14 nitrogen and oxygen atoms in total. The maximum absolute atomic E-state index is 15.9. The van der Waals surface area contributed by atoms with Crippen molar-refractivity contribution in [3.63, 3.8) is 0 Å². The Kier molecular flexibility index (Phi) is 12.2. The number of amides is 1. The molecular weight excluding hydrogens is 842 g/mol. The summed E-state index contributed by atoms with van der Waals surface area (Å²) in [5, 5.41) is 16.4. The summed E-state index contributed by atoms with van der Waals surface area (Å²) in [7, 11) is -1.29. The predicted octanol–water partition coefficient (Wildman–Crippen LogP) is 9.37. The highest BCUT2D eigenvalue weighted by molar-refractivity contribution is 6.74. The maximum atomic E-state index is 15.9. The number of benzene rings is 1. The number of hydrogen-bond acceptors (Lipinski definition) is 13. The molecule has 6 atom stereocenters. The van der Waals surface area contributed by atoms with Crippen LogP contribution in [0.15, 0.2) is 10.1 Å². The molecule has 1 aromatic heterocycles. The SMILES string of the molecule is CCCCOc1noc2c1C(=O)[C@@]1(O[Si](C)(C)C(C)(C)C)C(=O)C3=C(O)c4c(c(OC(F)(F)F)c5c(c4OCCCC)N(C(=O)OC(C)(C)C)CC4CCN(C)C54)C[C@H]3C[C@H]1[C@@H]2N. The van der Waals surface area contributed by atoms with Gasteiger partial charge in [-0.2, -0.15) is 0 Å². The smallest absolute Gasteiger partial charge is 0.507 e. The Morgan fingerprint density at radius 3 is 2.25 bits per heavy atom. The van der Waals surface area contributed by atoms with E-state index >= 15 is 9.59 Å². The first-order valence-electron chi connectivity index (χ1n) is 22.2. The summed E-state index contributed by atoms with van der Waals surface area (Å²) in [6.45, 7) is 19.5. The van der Waals surface area contributed by atoms with E-state index in [1.165, 1.54) is 4.90 Å². The number of nitrogens with zero attached hydrogens (tertiary/aromatic N) is 3. The summed E-state index contributed by atoms with van der Waals surface area (Å²) in [5.74, 6) is -5.43. The van der Waals surface area contributed by atoms with Crippen molar-refractivity contribution in [3.8, 4) is 17.4 Å². The third kappa shape index (κ3) is 7.94. The number of unbranched alkanes of at least 4 members (excludes halogenated alkanes) is 2. The monoisotopic (exact) mass is 904 g/mol. The second-order valence-corrected chi connectivity index (χ2v) is 25.0. The number of anilines is 1. The first-order chi connectivity index (χ1) is 29.3. The van der Waals surface area contributed by atoms with Crippen LogP contribution in [0.3, 0.4) is 0 Å². The Morgan fingerprint density at radius 1 is 1.00 bits per heavy atom. The highest BCUT2D eigenvalue weighted by atomic mass is 28.4. The molecule has 3 aliphatic carbocycles. The average Bonchev–Trinajstić information content (AvgIpc) is 3.77. The van der Waals surface area contributed by atoms with Crippen LogP contribution in [0, 0.1) is 17.8 Å². The highest BCUT2D eigenvalue weighted by Gasteiger charge is 2.68. The number of rotatable bonds is 11. The van der Waals surface area contributed by atoms with E-state index in [0.29, 0.717) is 32.2 Å². The molecular formula is C45H63F3N4O10Si. The van der Waals surface area contributed by atoms with Gasteiger partial charge >= 0.3 is 12.5 Å². The normalized spacial score (nSPS) is 26.1. The number of aliphatic hydroxyl groups is 1. The van der Waals surface area contributed by atoms with E-state index in [4.69, 9.17) is 33.6 Å². The van der Waals surface area contributed by atoms with Crippen molar-refractivity contribution in [2.45, 2.75) is 148 Å². The number of nitrogens with two attached hydrogens (primary N) is 1. The number of ether oxygens (including phenoxy) is 4. The van der Waals surface area contributed by atoms with Gasteiger partial charge in [0, 0.05) is 35.2 Å². The number of likely N-dealkylation sites (tertiary alicyclic amines) is 1. The standard InChI is InChI=1S/C45H63F3N4O10Si/c1-12-14-18-57-37-28-25(35(59-45(46,47)48)29-32-23(16-17-51(32)9)22-52(33(29)37)41(56)60-42(3,4)5)20-24-21-26-31(49)36-30(40(50-61-36)58-19-15-13-2)39(55)44(26,38(54)27(24)34(28)53)62-63(10,11)43(6,7)8/h23-24,26,31-32,53H,12-22,49H2,1-11H3/t23?,24-,26-,31-,32?,44-/m0/s1. The Labute approximate surface area is 368 Å². The Morgan fingerprint density at radius 2 is 1.65 bits per heavy atom. The summed E-state index contributed by atoms with van der Waals surface area (Å²) in [4.78, 5) is 48.8. The Hall–Kier alpha value is -4.13. The predicted molar refractivity (Wildman–Crippen MR) is 230 cm³/mol. The van der Waals surface area contributed by atoms with Crippen LogP contribution in [-0.2, 0) is 20.4 Å². The average molecular weight is 905 g/mol. The number of aliphatic hydroxyl groups excluding tert-OH is 1. The molecule has 1 saturated carbocycles. The molecule has 7 rings (SSSR count). The Balaban J connectivity index is 1.54. The van der Waals surface area contributed by atoms with E-state index in [9.17, 15) is 23.1 Å². The summed E-state index contributed by atoms with van der Waals surface area (Å²) in [6.07, 6.45) is -3.13. The molecule has 3 N–H and O–H groups in total. The number of ketones is 2. The minimum atomic E-state index is -5.21. The molecule has 0 radical (unpaired) electrons. The lowest BCUT2D eigenvalue weighted by Crippen LogP contribution is -2.68. The van der Waals surface area contributed by atoms with E-state index < -0.39 is 84.0 Å². The van der Waals surface area contributed by atoms with E-state index in [2.05, 4.69) is 5.16 Å². The van der Waals surface area contributed by atoms with Crippen LogP contribution in [-0.4, -0.2) is 92.1 Å². The lowest BCUT2D eigenvalue weighted by Gasteiger charge is -2.53. The van der Waals surface area contributed by atoms with Crippen molar-refractivity contribution >= 4 is 37.4 Å². The van der Waals surface area contributed by atoms with Crippen LogP contribution >= 0.6 is 0 Å². The molecule has 1 amide bonds. The molecule has 348 valence electrons. The van der Waals surface area contributed by atoms with E-state index in [0.717, 1.165) is 6.42 Å². The van der Waals surface area contributed by atoms with Crippen molar-refractivity contribution in [1.29, 1.82) is 0 Å². The van der Waals surface area contributed by atoms with Gasteiger partial charge in [0.15, 0.2) is 25.4 Å². The zero-order chi connectivity index (χ0) is 46.4. The number of halogens is 3. The lowest BCUT2D eigenvalue weighted by atomic mass is 9.57. The van der Waals surface area contributed by atoms with Gasteiger partial charge in [0.2, 0.25) is 11.6 Å². The van der Waals surface area contributed by atoms with Crippen molar-refractivity contribution in [3.05, 3.63) is 33.6 Å². The first-order valence-corrected chi connectivity index (χ1v) is 25.1. The Bertz CT molecular complexity index is 2190. The fourth-order valence-electron chi connectivity index (χ4n) is 9.83. The van der Waals surface area contributed by atoms with Gasteiger partial charge in [0.05, 0.1) is 30.5 Å². The van der Waals surface area contributed by atoms with Crippen LogP contribution in [0.2, 0.25) is 18.1 Å². The second-order valence-electron chi connectivity index (χ2n) is 20.3. The number of carbonyl (C=O) groups excluding carboxylic acids is 3. The third-order valence-corrected chi connectivity index (χ3v) is 18.2. The third-order valence-electron chi connectivity index (χ3n) is 13.8. The first kappa shape index (κ1) is 46.8. The fourth-order valence-corrected chi connectivity index (χ4v) is 11.3. The number of carbonyl (C=O) groups is 3. The molecule has 2 aliphatic heterocycles. The second kappa shape index (κ2) is 16.4. The van der Waals surface area contributed by atoms with E-state index in [1.54, 1.807) is 20.8 Å². The van der Waals surface area contributed by atoms with Crippen molar-refractivity contribution in [2.24, 2.45) is 23.5 Å². The molecule has 2 unspecified atom stereocenters. The van der Waals surface area contributed by atoms with Crippen molar-refractivity contribution < 1.29 is 60.6 Å². The van der Waals surface area contributed by atoms with E-state index in [1.807, 2.05) is 59.7 Å². The van der Waals surface area contributed by atoms with Gasteiger partial charge in [-0.25, -0.2) is 4.79 Å². The van der Waals surface area contributed by atoms with Gasteiger partial charge in [0.1, 0.15) is 22.7 Å². The van der Waals surface area contributed by atoms with Crippen molar-refractivity contribution in [2.75, 3.05) is 38.3 Å². The van der Waals surface area contributed by atoms with Crippen LogP contribution in [0.4, 0.5) is 23.7 Å². The minimum Gasteiger partial charge on any atom is -0.507 e. The molecule has 2 fully saturated rings. The highest BCUT2D eigenvalue weighted by Crippen LogP contribution is 2.62. The lowest BCUT2D eigenvalue weighted by molar-refractivity contribution is -0.275. The number of hydrogen-bond donors (Lipinski definition) is 2. The zero-order valence-corrected chi connectivity index (χ0v) is 39.3. The summed E-state index contributed by atoms with van der Waals surface area (Å²) >= 11 is 0. The molecule has 5 aliphatic rings. The van der Waals surface area contributed by atoms with Gasteiger partial charge in [0.25, 0.3) is 5.88 Å². The molecule has 3 heterocycles.